The van der Waals surface area contributed by atoms with Gasteiger partial charge in [0.25, 0.3) is 0 Å². The molecule has 1 amide bonds. The van der Waals surface area contributed by atoms with Gasteiger partial charge in [0.1, 0.15) is 0 Å². The molecule has 1 N–H and O–H groups in total. The van der Waals surface area contributed by atoms with Crippen molar-refractivity contribution in [3.8, 4) is 0 Å². The fraction of sp³-hybridized carbons (Fsp3) is 0.409. The Morgan fingerprint density at radius 2 is 1.70 bits per heavy atom. The van der Waals surface area contributed by atoms with Gasteiger partial charge < -0.3 is 10.2 Å². The van der Waals surface area contributed by atoms with Crippen LogP contribution in [0.1, 0.15) is 23.1 Å². The molecule has 0 aromatic heterocycles. The largest absolute Gasteiger partial charge is 0.352 e. The number of halogens is 1. The Morgan fingerprint density at radius 3 is 2.41 bits per heavy atom. The number of rotatable bonds is 7. The van der Waals surface area contributed by atoms with Crippen molar-refractivity contribution in [1.29, 1.82) is 0 Å². The maximum Gasteiger partial charge on any atom is 0.220 e. The summed E-state index contributed by atoms with van der Waals surface area (Å²) in [5, 5.41) is 3.02. The maximum absolute atomic E-state index is 12.1. The zero-order valence-electron chi connectivity index (χ0n) is 16.0. The second-order valence-corrected chi connectivity index (χ2v) is 8.22. The summed E-state index contributed by atoms with van der Waals surface area (Å²) in [6.07, 6.45) is 1.27. The van der Waals surface area contributed by atoms with Crippen LogP contribution in [-0.2, 0) is 24.3 Å². The van der Waals surface area contributed by atoms with E-state index in [1.807, 2.05) is 12.1 Å². The number of piperazine rings is 1. The number of likely N-dealkylation sites (N-methyl/N-ethyl adjacent to an activating group) is 1. The van der Waals surface area contributed by atoms with Gasteiger partial charge in [-0.3, -0.25) is 9.69 Å². The molecule has 1 aliphatic rings. The van der Waals surface area contributed by atoms with Crippen LogP contribution in [0.25, 0.3) is 0 Å². The van der Waals surface area contributed by atoms with Crippen LogP contribution in [0.2, 0.25) is 0 Å². The highest BCUT2D eigenvalue weighted by atomic mass is 79.9. The summed E-state index contributed by atoms with van der Waals surface area (Å²) in [7, 11) is 2.18. The highest BCUT2D eigenvalue weighted by molar-refractivity contribution is 9.10. The van der Waals surface area contributed by atoms with Gasteiger partial charge in [-0.2, -0.15) is 0 Å². The second kappa shape index (κ2) is 10.0. The molecule has 0 spiro atoms. The van der Waals surface area contributed by atoms with Crippen LogP contribution in [0.15, 0.2) is 53.0 Å². The lowest BCUT2D eigenvalue weighted by atomic mass is 10.1. The van der Waals surface area contributed by atoms with Gasteiger partial charge in [0, 0.05) is 50.2 Å². The molecule has 0 aliphatic carbocycles. The van der Waals surface area contributed by atoms with Crippen LogP contribution in [-0.4, -0.2) is 48.9 Å². The van der Waals surface area contributed by atoms with Crippen LogP contribution in [0.4, 0.5) is 0 Å². The molecule has 0 bridgehead atoms. The molecule has 1 heterocycles. The second-order valence-electron chi connectivity index (χ2n) is 7.30. The lowest BCUT2D eigenvalue weighted by Crippen LogP contribution is -2.43. The Morgan fingerprint density at radius 1 is 1.00 bits per heavy atom. The normalized spacial score (nSPS) is 15.6. The van der Waals surface area contributed by atoms with Crippen LogP contribution in [0.5, 0.6) is 0 Å². The minimum Gasteiger partial charge on any atom is -0.352 e. The molecule has 1 saturated heterocycles. The molecule has 0 atom stereocenters. The molecule has 1 fully saturated rings. The molecule has 0 saturated carbocycles. The van der Waals surface area contributed by atoms with Crippen molar-refractivity contribution in [2.24, 2.45) is 0 Å². The minimum atomic E-state index is 0.0940. The van der Waals surface area contributed by atoms with E-state index in [9.17, 15) is 4.79 Å². The third kappa shape index (κ3) is 6.76. The molecule has 4 nitrogen and oxygen atoms in total. The minimum absolute atomic E-state index is 0.0940. The van der Waals surface area contributed by atoms with Gasteiger partial charge >= 0.3 is 0 Å². The molecule has 0 unspecified atom stereocenters. The Labute approximate surface area is 170 Å². The number of nitrogens with zero attached hydrogens (tertiary/aromatic N) is 2. The average Bonchev–Trinajstić information content (AvgIpc) is 2.68. The summed E-state index contributed by atoms with van der Waals surface area (Å²) in [5.74, 6) is 0.0940. The van der Waals surface area contributed by atoms with Gasteiger partial charge in [0.2, 0.25) is 5.91 Å². The first-order chi connectivity index (χ1) is 13.1. The summed E-state index contributed by atoms with van der Waals surface area (Å²) in [6, 6.07) is 16.7. The summed E-state index contributed by atoms with van der Waals surface area (Å²) in [5.41, 5.74) is 3.66. The first kappa shape index (κ1) is 20.1. The number of benzene rings is 2. The van der Waals surface area contributed by atoms with Crippen molar-refractivity contribution < 1.29 is 4.79 Å². The van der Waals surface area contributed by atoms with Crippen LogP contribution in [0.3, 0.4) is 0 Å². The highest BCUT2D eigenvalue weighted by Crippen LogP contribution is 2.13. The maximum atomic E-state index is 12.1. The summed E-state index contributed by atoms with van der Waals surface area (Å²) < 4.78 is 1.05. The molecule has 0 radical (unpaired) electrons. The van der Waals surface area contributed by atoms with Crippen LogP contribution >= 0.6 is 15.9 Å². The van der Waals surface area contributed by atoms with Crippen LogP contribution < -0.4 is 5.32 Å². The first-order valence-electron chi connectivity index (χ1n) is 9.58. The molecule has 2 aromatic carbocycles. The zero-order valence-corrected chi connectivity index (χ0v) is 17.5. The standard InChI is InChI=1S/C22H28BrN3O/c1-25-11-13-26(14-12-25)17-20-7-5-19(6-8-20)16-24-22(27)10-9-18-3-2-4-21(23)15-18/h2-8,15H,9-14,16-17H2,1H3,(H,24,27). The number of nitrogens with one attached hydrogen (secondary N) is 1. The fourth-order valence-corrected chi connectivity index (χ4v) is 3.71. The smallest absolute Gasteiger partial charge is 0.220 e. The van der Waals surface area contributed by atoms with Crippen molar-refractivity contribution in [2.75, 3.05) is 33.2 Å². The topological polar surface area (TPSA) is 35.6 Å². The predicted octanol–water partition coefficient (Wildman–Crippen LogP) is 3.45. The molecular formula is C22H28BrN3O. The number of carbonyl (C=O) groups is 1. The third-order valence-electron chi connectivity index (χ3n) is 5.04. The van der Waals surface area contributed by atoms with Gasteiger partial charge in [-0.15, -0.1) is 0 Å². The van der Waals surface area contributed by atoms with Gasteiger partial charge in [-0.25, -0.2) is 0 Å². The van der Waals surface area contributed by atoms with Crippen molar-refractivity contribution in [3.05, 3.63) is 69.7 Å². The SMILES string of the molecule is CN1CCN(Cc2ccc(CNC(=O)CCc3cccc(Br)c3)cc2)CC1. The van der Waals surface area contributed by atoms with E-state index in [-0.39, 0.29) is 5.91 Å². The van der Waals surface area contributed by atoms with Gasteiger partial charge in [-0.1, -0.05) is 52.3 Å². The summed E-state index contributed by atoms with van der Waals surface area (Å²) in [6.45, 7) is 6.14. The molecule has 3 rings (SSSR count). The number of hydrogen-bond donors (Lipinski definition) is 1. The van der Waals surface area contributed by atoms with E-state index in [4.69, 9.17) is 0 Å². The van der Waals surface area contributed by atoms with Crippen LogP contribution in [0, 0.1) is 0 Å². The average molecular weight is 430 g/mol. The summed E-state index contributed by atoms with van der Waals surface area (Å²) in [4.78, 5) is 17.0. The van der Waals surface area contributed by atoms with E-state index in [1.54, 1.807) is 0 Å². The first-order valence-corrected chi connectivity index (χ1v) is 10.4. The Kier molecular flexibility index (Phi) is 7.44. The monoisotopic (exact) mass is 429 g/mol. The Bertz CT molecular complexity index is 739. The van der Waals surface area contributed by atoms with E-state index < -0.39 is 0 Å². The fourth-order valence-electron chi connectivity index (χ4n) is 3.27. The van der Waals surface area contributed by atoms with Crippen molar-refractivity contribution >= 4 is 21.8 Å². The van der Waals surface area contributed by atoms with Crippen molar-refractivity contribution in [3.63, 3.8) is 0 Å². The van der Waals surface area contributed by atoms with Gasteiger partial charge in [0.05, 0.1) is 0 Å². The quantitative estimate of drug-likeness (QED) is 0.731. The van der Waals surface area contributed by atoms with E-state index in [0.717, 1.165) is 49.2 Å². The number of carbonyl (C=O) groups excluding carboxylic acids is 1. The predicted molar refractivity (Wildman–Crippen MR) is 114 cm³/mol. The highest BCUT2D eigenvalue weighted by Gasteiger charge is 2.13. The number of aryl methyl sites for hydroxylation is 1. The van der Waals surface area contributed by atoms with E-state index in [0.29, 0.717) is 13.0 Å². The molecule has 144 valence electrons. The zero-order chi connectivity index (χ0) is 19.1. The lowest BCUT2D eigenvalue weighted by molar-refractivity contribution is -0.121. The van der Waals surface area contributed by atoms with E-state index in [1.165, 1.54) is 11.1 Å². The van der Waals surface area contributed by atoms with Gasteiger partial charge in [0.15, 0.2) is 0 Å². The summed E-state index contributed by atoms with van der Waals surface area (Å²) >= 11 is 3.46. The molecule has 2 aromatic rings. The Balaban J connectivity index is 1.39. The third-order valence-corrected chi connectivity index (χ3v) is 5.54. The van der Waals surface area contributed by atoms with Crippen molar-refractivity contribution in [2.45, 2.75) is 25.9 Å². The molecule has 1 aliphatic heterocycles. The Hall–Kier alpha value is -1.69. The van der Waals surface area contributed by atoms with Crippen molar-refractivity contribution in [1.82, 2.24) is 15.1 Å². The van der Waals surface area contributed by atoms with E-state index in [2.05, 4.69) is 74.5 Å². The molecular weight excluding hydrogens is 402 g/mol. The van der Waals surface area contributed by atoms with Gasteiger partial charge in [-0.05, 0) is 42.3 Å². The molecule has 27 heavy (non-hydrogen) atoms. The van der Waals surface area contributed by atoms with E-state index >= 15 is 0 Å². The molecule has 5 heteroatoms. The number of amides is 1. The number of hydrogen-bond acceptors (Lipinski definition) is 3. The lowest BCUT2D eigenvalue weighted by Gasteiger charge is -2.32.